The lowest BCUT2D eigenvalue weighted by Crippen LogP contribution is -2.22. The van der Waals surface area contributed by atoms with Gasteiger partial charge in [0.05, 0.1) is 0 Å². The summed E-state index contributed by atoms with van der Waals surface area (Å²) in [6.45, 7) is 3.56. The number of pyridine rings is 1. The van der Waals surface area contributed by atoms with Gasteiger partial charge in [-0.25, -0.2) is 4.68 Å². The minimum Gasteiger partial charge on any atom is -0.266 e. The van der Waals surface area contributed by atoms with Crippen LogP contribution in [0.2, 0.25) is 0 Å². The maximum atomic E-state index is 12.1. The van der Waals surface area contributed by atoms with Crippen molar-refractivity contribution < 1.29 is 0 Å². The second-order valence-electron chi connectivity index (χ2n) is 4.56. The molecule has 0 spiro atoms. The van der Waals surface area contributed by atoms with Gasteiger partial charge in [0.25, 0.3) is 5.56 Å². The third-order valence-electron chi connectivity index (χ3n) is 3.04. The molecule has 0 atom stereocenters. The van der Waals surface area contributed by atoms with Crippen LogP contribution in [0, 0.1) is 25.2 Å². The number of rotatable bonds is 3. The molecular weight excluding hydrogens is 250 g/mol. The first-order valence-electron chi connectivity index (χ1n) is 6.33. The second-order valence-corrected chi connectivity index (χ2v) is 4.56. The molecule has 1 aromatic carbocycles. The summed E-state index contributed by atoms with van der Waals surface area (Å²) in [5.74, 6) is 0. The van der Waals surface area contributed by atoms with Crippen molar-refractivity contribution in [3.05, 3.63) is 69.1 Å². The van der Waals surface area contributed by atoms with Crippen molar-refractivity contribution in [2.75, 3.05) is 0 Å². The lowest BCUT2D eigenvalue weighted by atomic mass is 10.1. The fourth-order valence-electron chi connectivity index (χ4n) is 2.00. The van der Waals surface area contributed by atoms with Crippen molar-refractivity contribution in [2.24, 2.45) is 5.10 Å². The van der Waals surface area contributed by atoms with Crippen LogP contribution in [0.3, 0.4) is 0 Å². The Morgan fingerprint density at radius 3 is 2.65 bits per heavy atom. The number of hydrogen-bond acceptors (Lipinski definition) is 3. The standard InChI is InChI=1S/C16H15N3O/c1-12-10-13(2)19(16(20)15(12)11-17)18-9-8-14-6-4-3-5-7-14/h3-7,9-10H,8H2,1-2H3. The van der Waals surface area contributed by atoms with Gasteiger partial charge < -0.3 is 0 Å². The number of aromatic nitrogens is 1. The van der Waals surface area contributed by atoms with Crippen molar-refractivity contribution in [3.8, 4) is 6.07 Å². The van der Waals surface area contributed by atoms with Crippen LogP contribution in [-0.4, -0.2) is 10.9 Å². The maximum absolute atomic E-state index is 12.1. The maximum Gasteiger partial charge on any atom is 0.289 e. The molecule has 0 fully saturated rings. The van der Waals surface area contributed by atoms with Gasteiger partial charge in [0.15, 0.2) is 0 Å². The smallest absolute Gasteiger partial charge is 0.266 e. The van der Waals surface area contributed by atoms with Crippen LogP contribution in [0.1, 0.15) is 22.4 Å². The Morgan fingerprint density at radius 1 is 1.30 bits per heavy atom. The van der Waals surface area contributed by atoms with Gasteiger partial charge in [-0.1, -0.05) is 30.3 Å². The highest BCUT2D eigenvalue weighted by atomic mass is 16.1. The van der Waals surface area contributed by atoms with Crippen molar-refractivity contribution in [1.29, 1.82) is 5.26 Å². The molecule has 0 unspecified atom stereocenters. The number of hydrogen-bond donors (Lipinski definition) is 0. The Kier molecular flexibility index (Phi) is 4.11. The molecule has 0 aliphatic carbocycles. The fraction of sp³-hybridized carbons (Fsp3) is 0.188. The number of nitrogens with zero attached hydrogens (tertiary/aromatic N) is 3. The second kappa shape index (κ2) is 5.98. The van der Waals surface area contributed by atoms with E-state index in [2.05, 4.69) is 5.10 Å². The molecule has 2 aromatic rings. The summed E-state index contributed by atoms with van der Waals surface area (Å²) in [7, 11) is 0. The van der Waals surface area contributed by atoms with Crippen LogP contribution in [0.5, 0.6) is 0 Å². The topological polar surface area (TPSA) is 58.1 Å². The van der Waals surface area contributed by atoms with Gasteiger partial charge >= 0.3 is 0 Å². The van der Waals surface area contributed by atoms with Crippen LogP contribution in [0.25, 0.3) is 0 Å². The summed E-state index contributed by atoms with van der Waals surface area (Å²) in [5.41, 5.74) is 2.30. The van der Waals surface area contributed by atoms with Crippen molar-refractivity contribution >= 4 is 6.21 Å². The first kappa shape index (κ1) is 13.8. The Labute approximate surface area is 117 Å². The lowest BCUT2D eigenvalue weighted by Gasteiger charge is -2.06. The van der Waals surface area contributed by atoms with E-state index < -0.39 is 0 Å². The van der Waals surface area contributed by atoms with Gasteiger partial charge in [-0.05, 0) is 31.0 Å². The molecule has 2 rings (SSSR count). The van der Waals surface area contributed by atoms with Gasteiger partial charge in [-0.15, -0.1) is 0 Å². The highest BCUT2D eigenvalue weighted by Gasteiger charge is 2.08. The summed E-state index contributed by atoms with van der Waals surface area (Å²) in [6.07, 6.45) is 2.32. The average molecular weight is 265 g/mol. The molecule has 4 nitrogen and oxygen atoms in total. The van der Waals surface area contributed by atoms with Gasteiger partial charge in [0.2, 0.25) is 0 Å². The van der Waals surface area contributed by atoms with E-state index in [1.807, 2.05) is 36.4 Å². The van der Waals surface area contributed by atoms with E-state index in [0.717, 1.165) is 11.3 Å². The largest absolute Gasteiger partial charge is 0.289 e. The van der Waals surface area contributed by atoms with Crippen molar-refractivity contribution in [2.45, 2.75) is 20.3 Å². The fourth-order valence-corrected chi connectivity index (χ4v) is 2.00. The molecule has 1 aromatic heterocycles. The van der Waals surface area contributed by atoms with E-state index in [4.69, 9.17) is 5.26 Å². The third-order valence-corrected chi connectivity index (χ3v) is 3.04. The summed E-state index contributed by atoms with van der Waals surface area (Å²) < 4.78 is 1.27. The van der Waals surface area contributed by atoms with Crippen LogP contribution in [-0.2, 0) is 6.42 Å². The van der Waals surface area contributed by atoms with E-state index in [1.54, 1.807) is 26.1 Å². The highest BCUT2D eigenvalue weighted by molar-refractivity contribution is 5.61. The first-order valence-corrected chi connectivity index (χ1v) is 6.33. The summed E-state index contributed by atoms with van der Waals surface area (Å²) >= 11 is 0. The molecule has 0 saturated heterocycles. The Balaban J connectivity index is 2.31. The highest BCUT2D eigenvalue weighted by Crippen LogP contribution is 2.05. The van der Waals surface area contributed by atoms with Gasteiger partial charge in [-0.3, -0.25) is 4.79 Å². The molecule has 1 heterocycles. The predicted molar refractivity (Wildman–Crippen MR) is 78.9 cm³/mol. The van der Waals surface area contributed by atoms with Gasteiger partial charge in [0.1, 0.15) is 11.6 Å². The Morgan fingerprint density at radius 2 is 2.00 bits per heavy atom. The van der Waals surface area contributed by atoms with Gasteiger partial charge in [-0.2, -0.15) is 10.4 Å². The Bertz CT molecular complexity index is 737. The summed E-state index contributed by atoms with van der Waals surface area (Å²) in [5, 5.41) is 13.2. The summed E-state index contributed by atoms with van der Waals surface area (Å²) in [4.78, 5) is 12.1. The molecule has 0 radical (unpaired) electrons. The zero-order valence-corrected chi connectivity index (χ0v) is 11.5. The number of benzene rings is 1. The molecule has 100 valence electrons. The average Bonchev–Trinajstić information content (AvgIpc) is 2.44. The van der Waals surface area contributed by atoms with Crippen molar-refractivity contribution in [3.63, 3.8) is 0 Å². The molecule has 4 heteroatoms. The normalized spacial score (nSPS) is 10.7. The molecule has 0 N–H and O–H groups in total. The minimum absolute atomic E-state index is 0.146. The molecule has 0 aliphatic heterocycles. The minimum atomic E-state index is -0.366. The zero-order chi connectivity index (χ0) is 14.5. The Hall–Kier alpha value is -2.67. The first-order chi connectivity index (χ1) is 9.63. The number of nitriles is 1. The van der Waals surface area contributed by atoms with Crippen LogP contribution in [0.15, 0.2) is 46.3 Å². The molecule has 0 amide bonds. The lowest BCUT2D eigenvalue weighted by molar-refractivity contribution is 0.784. The van der Waals surface area contributed by atoms with E-state index in [1.165, 1.54) is 4.68 Å². The van der Waals surface area contributed by atoms with E-state index in [0.29, 0.717) is 12.0 Å². The molecule has 0 aliphatic rings. The van der Waals surface area contributed by atoms with Crippen LogP contribution < -0.4 is 5.56 Å². The van der Waals surface area contributed by atoms with Crippen LogP contribution in [0.4, 0.5) is 0 Å². The molecule has 0 saturated carbocycles. The quantitative estimate of drug-likeness (QED) is 0.800. The third kappa shape index (κ3) is 2.83. The van der Waals surface area contributed by atoms with E-state index in [9.17, 15) is 4.79 Å². The van der Waals surface area contributed by atoms with Gasteiger partial charge in [0, 0.05) is 18.3 Å². The monoisotopic (exact) mass is 265 g/mol. The molecule has 0 bridgehead atoms. The van der Waals surface area contributed by atoms with E-state index in [-0.39, 0.29) is 11.1 Å². The summed E-state index contributed by atoms with van der Waals surface area (Å²) in [6, 6.07) is 13.6. The SMILES string of the molecule is Cc1cc(C)n(N=CCc2ccccc2)c(=O)c1C#N. The zero-order valence-electron chi connectivity index (χ0n) is 11.5. The van der Waals surface area contributed by atoms with E-state index >= 15 is 0 Å². The van der Waals surface area contributed by atoms with Crippen LogP contribution >= 0.6 is 0 Å². The van der Waals surface area contributed by atoms with Crippen molar-refractivity contribution in [1.82, 2.24) is 4.68 Å². The molecular formula is C16H15N3O. The predicted octanol–water partition coefficient (Wildman–Crippen LogP) is 2.41. The number of aryl methyl sites for hydroxylation is 2. The molecule has 20 heavy (non-hydrogen) atoms.